The van der Waals surface area contributed by atoms with Gasteiger partial charge in [0.15, 0.2) is 0 Å². The maximum absolute atomic E-state index is 10.2. The number of halogens is 3. The van der Waals surface area contributed by atoms with Crippen molar-refractivity contribution in [1.82, 2.24) is 0 Å². The molecule has 17 heavy (non-hydrogen) atoms. The molecule has 0 bridgehead atoms. The highest BCUT2D eigenvalue weighted by atomic mass is 35.5. The first-order chi connectivity index (χ1) is 8.09. The molecule has 2 rings (SSSR count). The van der Waals surface area contributed by atoms with E-state index < -0.39 is 6.10 Å². The van der Waals surface area contributed by atoms with Crippen LogP contribution in [0.4, 0.5) is 0 Å². The highest BCUT2D eigenvalue weighted by Gasteiger charge is 2.16. The zero-order chi connectivity index (χ0) is 12.4. The Labute approximate surface area is 115 Å². The molecular formula is C13H9Cl3O. The fraction of sp³-hybridized carbons (Fsp3) is 0.0769. The molecule has 0 saturated heterocycles. The van der Waals surface area contributed by atoms with Crippen molar-refractivity contribution < 1.29 is 5.11 Å². The molecule has 1 atom stereocenters. The second-order valence-electron chi connectivity index (χ2n) is 3.59. The predicted octanol–water partition coefficient (Wildman–Crippen LogP) is 4.73. The van der Waals surface area contributed by atoms with E-state index in [-0.39, 0.29) is 0 Å². The van der Waals surface area contributed by atoms with Crippen LogP contribution in [0.25, 0.3) is 0 Å². The SMILES string of the molecule is OC(c1ccccc1Cl)c1ccc(Cl)cc1Cl. The van der Waals surface area contributed by atoms with Gasteiger partial charge in [0.05, 0.1) is 0 Å². The number of aliphatic hydroxyl groups excluding tert-OH is 1. The van der Waals surface area contributed by atoms with Gasteiger partial charge in [0.1, 0.15) is 6.10 Å². The molecule has 0 radical (unpaired) electrons. The van der Waals surface area contributed by atoms with E-state index in [2.05, 4.69) is 0 Å². The van der Waals surface area contributed by atoms with E-state index >= 15 is 0 Å². The third-order valence-corrected chi connectivity index (χ3v) is 3.36. The molecule has 0 saturated carbocycles. The van der Waals surface area contributed by atoms with Gasteiger partial charge < -0.3 is 5.11 Å². The van der Waals surface area contributed by atoms with Gasteiger partial charge in [0.2, 0.25) is 0 Å². The van der Waals surface area contributed by atoms with Gasteiger partial charge in [-0.15, -0.1) is 0 Å². The molecule has 0 aliphatic heterocycles. The van der Waals surface area contributed by atoms with E-state index in [0.29, 0.717) is 26.2 Å². The summed E-state index contributed by atoms with van der Waals surface area (Å²) in [5.74, 6) is 0. The number of benzene rings is 2. The first kappa shape index (κ1) is 12.7. The van der Waals surface area contributed by atoms with E-state index in [1.165, 1.54) is 0 Å². The zero-order valence-corrected chi connectivity index (χ0v) is 11.0. The Hall–Kier alpha value is -0.730. The van der Waals surface area contributed by atoms with Gasteiger partial charge in [-0.1, -0.05) is 59.1 Å². The zero-order valence-electron chi connectivity index (χ0n) is 8.70. The van der Waals surface area contributed by atoms with Crippen LogP contribution in [0, 0.1) is 0 Å². The van der Waals surface area contributed by atoms with Gasteiger partial charge in [-0.25, -0.2) is 0 Å². The average Bonchev–Trinajstić information content (AvgIpc) is 2.29. The van der Waals surface area contributed by atoms with Crippen LogP contribution in [0.2, 0.25) is 15.1 Å². The van der Waals surface area contributed by atoms with Crippen molar-refractivity contribution in [3.05, 3.63) is 68.7 Å². The lowest BCUT2D eigenvalue weighted by molar-refractivity contribution is 0.220. The van der Waals surface area contributed by atoms with E-state index in [9.17, 15) is 5.11 Å². The Morgan fingerprint density at radius 3 is 2.12 bits per heavy atom. The molecule has 0 aliphatic carbocycles. The summed E-state index contributed by atoms with van der Waals surface area (Å²) in [6.45, 7) is 0. The molecule has 0 amide bonds. The molecule has 0 spiro atoms. The lowest BCUT2D eigenvalue weighted by atomic mass is 10.0. The van der Waals surface area contributed by atoms with Crippen LogP contribution in [-0.4, -0.2) is 5.11 Å². The van der Waals surface area contributed by atoms with Crippen LogP contribution in [0.1, 0.15) is 17.2 Å². The summed E-state index contributed by atoms with van der Waals surface area (Å²) in [7, 11) is 0. The Kier molecular flexibility index (Phi) is 3.95. The van der Waals surface area contributed by atoms with Crippen molar-refractivity contribution in [2.45, 2.75) is 6.10 Å². The Balaban J connectivity index is 2.44. The standard InChI is InChI=1S/C13H9Cl3O/c14-8-5-6-10(12(16)7-8)13(17)9-3-1-2-4-11(9)15/h1-7,13,17H. The second-order valence-corrected chi connectivity index (χ2v) is 4.84. The molecule has 2 aromatic carbocycles. The molecule has 0 aromatic heterocycles. The number of hydrogen-bond acceptors (Lipinski definition) is 1. The van der Waals surface area contributed by atoms with Gasteiger partial charge in [-0.05, 0) is 18.2 Å². The smallest absolute Gasteiger partial charge is 0.107 e. The van der Waals surface area contributed by atoms with Crippen LogP contribution < -0.4 is 0 Å². The van der Waals surface area contributed by atoms with E-state index in [1.54, 1.807) is 30.3 Å². The Bertz CT molecular complexity index is 540. The molecule has 2 aromatic rings. The molecule has 0 heterocycles. The summed E-state index contributed by atoms with van der Waals surface area (Å²) in [6, 6.07) is 12.1. The fourth-order valence-corrected chi connectivity index (χ4v) is 2.34. The summed E-state index contributed by atoms with van der Waals surface area (Å²) in [4.78, 5) is 0. The first-order valence-corrected chi connectivity index (χ1v) is 6.10. The Morgan fingerprint density at radius 2 is 1.47 bits per heavy atom. The Morgan fingerprint density at radius 1 is 0.824 bits per heavy atom. The maximum Gasteiger partial charge on any atom is 0.107 e. The summed E-state index contributed by atoms with van der Waals surface area (Å²) in [5.41, 5.74) is 1.21. The van der Waals surface area contributed by atoms with Crippen molar-refractivity contribution in [3.8, 4) is 0 Å². The molecule has 0 fully saturated rings. The van der Waals surface area contributed by atoms with E-state index in [4.69, 9.17) is 34.8 Å². The molecule has 1 unspecified atom stereocenters. The van der Waals surface area contributed by atoms with Crippen molar-refractivity contribution >= 4 is 34.8 Å². The number of aliphatic hydroxyl groups is 1. The van der Waals surface area contributed by atoms with Crippen molar-refractivity contribution in [1.29, 1.82) is 0 Å². The molecular weight excluding hydrogens is 279 g/mol. The van der Waals surface area contributed by atoms with E-state index in [1.807, 2.05) is 12.1 Å². The summed E-state index contributed by atoms with van der Waals surface area (Å²) < 4.78 is 0. The minimum Gasteiger partial charge on any atom is -0.384 e. The molecule has 0 aliphatic rings. The first-order valence-electron chi connectivity index (χ1n) is 4.97. The molecule has 4 heteroatoms. The minimum atomic E-state index is -0.853. The predicted molar refractivity (Wildman–Crippen MR) is 72.0 cm³/mol. The number of rotatable bonds is 2. The summed E-state index contributed by atoms with van der Waals surface area (Å²) >= 11 is 17.9. The average molecular weight is 288 g/mol. The third kappa shape index (κ3) is 2.75. The normalized spacial score (nSPS) is 12.5. The highest BCUT2D eigenvalue weighted by Crippen LogP contribution is 2.33. The largest absolute Gasteiger partial charge is 0.384 e. The topological polar surface area (TPSA) is 20.2 Å². The van der Waals surface area contributed by atoms with Crippen molar-refractivity contribution in [2.75, 3.05) is 0 Å². The lowest BCUT2D eigenvalue weighted by Gasteiger charge is -2.14. The molecule has 88 valence electrons. The van der Waals surface area contributed by atoms with Crippen LogP contribution >= 0.6 is 34.8 Å². The maximum atomic E-state index is 10.2. The second kappa shape index (κ2) is 5.28. The van der Waals surface area contributed by atoms with Gasteiger partial charge in [0.25, 0.3) is 0 Å². The van der Waals surface area contributed by atoms with Gasteiger partial charge >= 0.3 is 0 Å². The van der Waals surface area contributed by atoms with Crippen LogP contribution in [0.5, 0.6) is 0 Å². The molecule has 1 N–H and O–H groups in total. The van der Waals surface area contributed by atoms with Crippen molar-refractivity contribution in [3.63, 3.8) is 0 Å². The van der Waals surface area contributed by atoms with Crippen LogP contribution in [-0.2, 0) is 0 Å². The van der Waals surface area contributed by atoms with Crippen molar-refractivity contribution in [2.24, 2.45) is 0 Å². The fourth-order valence-electron chi connectivity index (χ4n) is 1.59. The monoisotopic (exact) mass is 286 g/mol. The van der Waals surface area contributed by atoms with E-state index in [0.717, 1.165) is 0 Å². The lowest BCUT2D eigenvalue weighted by Crippen LogP contribution is -2.01. The minimum absolute atomic E-state index is 0.421. The quantitative estimate of drug-likeness (QED) is 0.846. The third-order valence-electron chi connectivity index (χ3n) is 2.46. The summed E-state index contributed by atoms with van der Waals surface area (Å²) in [6.07, 6.45) is -0.853. The van der Waals surface area contributed by atoms with Gasteiger partial charge in [0, 0.05) is 26.2 Å². The van der Waals surface area contributed by atoms with Crippen LogP contribution in [0.15, 0.2) is 42.5 Å². The molecule has 1 nitrogen and oxygen atoms in total. The van der Waals surface area contributed by atoms with Gasteiger partial charge in [-0.2, -0.15) is 0 Å². The highest BCUT2D eigenvalue weighted by molar-refractivity contribution is 6.35. The number of hydrogen-bond donors (Lipinski definition) is 1. The summed E-state index contributed by atoms with van der Waals surface area (Å²) in [5, 5.41) is 11.7. The van der Waals surface area contributed by atoms with Crippen LogP contribution in [0.3, 0.4) is 0 Å². The van der Waals surface area contributed by atoms with Gasteiger partial charge in [-0.3, -0.25) is 0 Å².